The third-order valence-electron chi connectivity index (χ3n) is 9.97. The van der Waals surface area contributed by atoms with Crippen molar-refractivity contribution in [3.63, 3.8) is 0 Å². The van der Waals surface area contributed by atoms with Crippen molar-refractivity contribution in [2.24, 2.45) is 16.2 Å². The maximum atomic E-state index is 13.4. The number of thiazole rings is 2. The molecular formula is C37H33F3N6O6S2. The summed E-state index contributed by atoms with van der Waals surface area (Å²) < 4.78 is 39.7. The molecule has 2 bridgehead atoms. The van der Waals surface area contributed by atoms with Gasteiger partial charge in [-0.2, -0.15) is 10.5 Å². The van der Waals surface area contributed by atoms with E-state index in [0.29, 0.717) is 59.8 Å². The Morgan fingerprint density at radius 2 is 1.28 bits per heavy atom. The number of nitriles is 2. The molecular weight excluding hydrogens is 746 g/mol. The van der Waals surface area contributed by atoms with E-state index >= 15 is 0 Å². The number of anilines is 2. The lowest BCUT2D eigenvalue weighted by atomic mass is 9.53. The SMILES string of the molecule is CC(C)(CCC(=O)O)C(=O)Nc1nc(-c2ccc(F)c(F)c2)c(C#N)s1.N#Cc1sc(NC(=O)C23CCC(C(=O)O)(CC2)CC3)nc1-c1ccc(F)cc1. The molecule has 0 radical (unpaired) electrons. The standard InChI is InChI=1S/C20H18FN3O3S.C17H15F2N3O3S/c21-13-3-1-12(2-4-13)15-14(11-22)28-18(23-15)24-16(25)19-5-8-20(9-6-19,10-7-19)17(26)27;1-17(2,6-5-13(23)24)15(25)22-16-21-14(12(8-20)26-16)9-3-4-10(18)11(19)7-9/h1-4H,5-10H2,(H,26,27)(H,23,24,25);3-4,7H,5-6H2,1-2H3,(H,23,24)(H,21,22,25). The lowest BCUT2D eigenvalue weighted by molar-refractivity contribution is -0.162. The van der Waals surface area contributed by atoms with Crippen LogP contribution >= 0.6 is 22.7 Å². The van der Waals surface area contributed by atoms with Crippen LogP contribution in [0.4, 0.5) is 23.4 Å². The predicted molar refractivity (Wildman–Crippen MR) is 193 cm³/mol. The van der Waals surface area contributed by atoms with Gasteiger partial charge in [-0.05, 0) is 87.4 Å². The molecule has 0 saturated heterocycles. The van der Waals surface area contributed by atoms with Gasteiger partial charge in [0.25, 0.3) is 0 Å². The lowest BCUT2D eigenvalue weighted by Gasteiger charge is -2.50. The number of amides is 2. The summed E-state index contributed by atoms with van der Waals surface area (Å²) >= 11 is 1.98. The number of fused-ring (bicyclic) bond motifs is 3. The first-order valence-corrected chi connectivity index (χ1v) is 18.3. The Hall–Kier alpha value is -5.65. The second-order valence-electron chi connectivity index (χ2n) is 13.8. The molecule has 2 aromatic carbocycles. The number of nitrogens with one attached hydrogen (secondary N) is 2. The van der Waals surface area contributed by atoms with Gasteiger partial charge in [0.15, 0.2) is 21.9 Å². The van der Waals surface area contributed by atoms with E-state index in [1.165, 1.54) is 18.2 Å². The molecule has 0 unspecified atom stereocenters. The molecule has 54 heavy (non-hydrogen) atoms. The Bertz CT molecular complexity index is 2180. The molecule has 280 valence electrons. The second kappa shape index (κ2) is 15.8. The zero-order valence-corrected chi connectivity index (χ0v) is 30.6. The minimum Gasteiger partial charge on any atom is -0.481 e. The summed E-state index contributed by atoms with van der Waals surface area (Å²) in [6.45, 7) is 3.20. The van der Waals surface area contributed by atoms with Crippen LogP contribution in [-0.2, 0) is 19.2 Å². The number of aliphatic carboxylic acids is 2. The maximum absolute atomic E-state index is 13.4. The van der Waals surface area contributed by atoms with Crippen LogP contribution in [0, 0.1) is 56.4 Å². The van der Waals surface area contributed by atoms with E-state index in [2.05, 4.69) is 26.7 Å². The number of carbonyl (C=O) groups is 4. The minimum atomic E-state index is -1.07. The monoisotopic (exact) mass is 778 g/mol. The number of nitrogens with zero attached hydrogens (tertiary/aromatic N) is 4. The van der Waals surface area contributed by atoms with Crippen LogP contribution in [0.5, 0.6) is 0 Å². The van der Waals surface area contributed by atoms with Crippen LogP contribution in [0.2, 0.25) is 0 Å². The van der Waals surface area contributed by atoms with Gasteiger partial charge in [-0.15, -0.1) is 0 Å². The predicted octanol–water partition coefficient (Wildman–Crippen LogP) is 7.97. The Morgan fingerprint density at radius 3 is 1.78 bits per heavy atom. The Kier molecular flexibility index (Phi) is 11.5. The summed E-state index contributed by atoms with van der Waals surface area (Å²) in [5.74, 6) is -4.84. The van der Waals surface area contributed by atoms with Crippen LogP contribution in [0.15, 0.2) is 42.5 Å². The number of carbonyl (C=O) groups excluding carboxylic acids is 2. The van der Waals surface area contributed by atoms with Crippen molar-refractivity contribution in [3.8, 4) is 34.7 Å². The van der Waals surface area contributed by atoms with Gasteiger partial charge in [-0.25, -0.2) is 23.1 Å². The van der Waals surface area contributed by atoms with E-state index in [1.807, 2.05) is 6.07 Å². The molecule has 2 amide bonds. The van der Waals surface area contributed by atoms with E-state index in [0.717, 1.165) is 34.8 Å². The Balaban J connectivity index is 0.000000208. The smallest absolute Gasteiger partial charge is 0.309 e. The molecule has 17 heteroatoms. The normalized spacial score (nSPS) is 18.7. The van der Waals surface area contributed by atoms with E-state index in [4.69, 9.17) is 5.11 Å². The van der Waals surface area contributed by atoms with Crippen molar-refractivity contribution in [2.45, 2.75) is 65.2 Å². The fourth-order valence-corrected chi connectivity index (χ4v) is 7.98. The Morgan fingerprint density at radius 1 is 0.778 bits per heavy atom. The molecule has 2 heterocycles. The number of hydrogen-bond donors (Lipinski definition) is 4. The average molecular weight is 779 g/mol. The van der Waals surface area contributed by atoms with Crippen molar-refractivity contribution in [3.05, 3.63) is 69.7 Å². The van der Waals surface area contributed by atoms with E-state index in [1.54, 1.807) is 26.0 Å². The number of rotatable bonds is 10. The number of aromatic nitrogens is 2. The number of carboxylic acids is 2. The van der Waals surface area contributed by atoms with Crippen molar-refractivity contribution in [1.29, 1.82) is 10.5 Å². The van der Waals surface area contributed by atoms with E-state index < -0.39 is 45.7 Å². The van der Waals surface area contributed by atoms with Gasteiger partial charge in [0.05, 0.1) is 5.41 Å². The number of benzene rings is 2. The third-order valence-corrected chi connectivity index (χ3v) is 11.7. The molecule has 2 aromatic heterocycles. The fraction of sp³-hybridized carbons (Fsp3) is 0.351. The van der Waals surface area contributed by atoms with E-state index in [-0.39, 0.29) is 45.8 Å². The highest BCUT2D eigenvalue weighted by atomic mass is 32.1. The fourth-order valence-electron chi connectivity index (χ4n) is 6.42. The van der Waals surface area contributed by atoms with Crippen molar-refractivity contribution in [1.82, 2.24) is 9.97 Å². The topological polar surface area (TPSA) is 206 Å². The molecule has 4 N–H and O–H groups in total. The first kappa shape index (κ1) is 39.6. The molecule has 0 atom stereocenters. The summed E-state index contributed by atoms with van der Waals surface area (Å²) in [5.41, 5.74) is -0.832. The Labute approximate surface area is 315 Å². The summed E-state index contributed by atoms with van der Waals surface area (Å²) in [6, 6.07) is 12.8. The van der Waals surface area contributed by atoms with Crippen LogP contribution in [0.1, 0.15) is 75.0 Å². The molecule has 12 nitrogen and oxygen atoms in total. The van der Waals surface area contributed by atoms with Crippen LogP contribution in [-0.4, -0.2) is 43.9 Å². The zero-order valence-electron chi connectivity index (χ0n) is 29.0. The van der Waals surface area contributed by atoms with Crippen molar-refractivity contribution < 1.29 is 42.6 Å². The molecule has 3 aliphatic carbocycles. The first-order chi connectivity index (χ1) is 25.5. The first-order valence-electron chi connectivity index (χ1n) is 16.6. The zero-order chi connectivity index (χ0) is 39.4. The molecule has 3 fully saturated rings. The molecule has 0 aliphatic heterocycles. The highest BCUT2D eigenvalue weighted by molar-refractivity contribution is 7.17. The molecule has 3 saturated carbocycles. The summed E-state index contributed by atoms with van der Waals surface area (Å²) in [7, 11) is 0. The summed E-state index contributed by atoms with van der Waals surface area (Å²) in [4.78, 5) is 56.6. The maximum Gasteiger partial charge on any atom is 0.309 e. The van der Waals surface area contributed by atoms with Gasteiger partial charge < -0.3 is 20.8 Å². The summed E-state index contributed by atoms with van der Waals surface area (Å²) in [5, 5.41) is 42.7. The molecule has 3 aliphatic rings. The van der Waals surface area contributed by atoms with Crippen molar-refractivity contribution in [2.75, 3.05) is 10.6 Å². The van der Waals surface area contributed by atoms with Gasteiger partial charge >= 0.3 is 11.9 Å². The van der Waals surface area contributed by atoms with Gasteiger partial charge in [0, 0.05) is 28.4 Å². The molecule has 4 aromatic rings. The number of halogens is 3. The molecule has 0 spiro atoms. The van der Waals surface area contributed by atoms with Crippen LogP contribution in [0.3, 0.4) is 0 Å². The third kappa shape index (κ3) is 8.43. The van der Waals surface area contributed by atoms with E-state index in [9.17, 15) is 48.0 Å². The average Bonchev–Trinajstić information content (AvgIpc) is 3.77. The van der Waals surface area contributed by atoms with Gasteiger partial charge in [-0.3, -0.25) is 19.2 Å². The quantitative estimate of drug-likeness (QED) is 0.122. The number of hydrogen-bond acceptors (Lipinski definition) is 10. The highest BCUT2D eigenvalue weighted by Crippen LogP contribution is 2.57. The van der Waals surface area contributed by atoms with Gasteiger partial charge in [0.1, 0.15) is 39.1 Å². The minimum absolute atomic E-state index is 0.120. The summed E-state index contributed by atoms with van der Waals surface area (Å²) in [6.07, 6.45) is 3.14. The number of carboxylic acid groups (broad SMARTS) is 2. The van der Waals surface area contributed by atoms with Crippen LogP contribution < -0.4 is 10.6 Å². The van der Waals surface area contributed by atoms with Gasteiger partial charge in [-0.1, -0.05) is 36.5 Å². The lowest BCUT2D eigenvalue weighted by Crippen LogP contribution is -2.50. The highest BCUT2D eigenvalue weighted by Gasteiger charge is 2.55. The van der Waals surface area contributed by atoms with Crippen molar-refractivity contribution >= 4 is 56.7 Å². The molecule has 7 rings (SSSR count). The van der Waals surface area contributed by atoms with Crippen LogP contribution in [0.25, 0.3) is 22.5 Å². The largest absolute Gasteiger partial charge is 0.481 e. The van der Waals surface area contributed by atoms with Gasteiger partial charge in [0.2, 0.25) is 11.8 Å². The second-order valence-corrected chi connectivity index (χ2v) is 15.8.